The first kappa shape index (κ1) is 20.1. The van der Waals surface area contributed by atoms with E-state index in [9.17, 15) is 22.4 Å². The van der Waals surface area contributed by atoms with Gasteiger partial charge in [0.2, 0.25) is 0 Å². The number of benzene rings is 1. The topological polar surface area (TPSA) is 77.6 Å². The van der Waals surface area contributed by atoms with Gasteiger partial charge in [-0.15, -0.1) is 0 Å². The predicted octanol–water partition coefficient (Wildman–Crippen LogP) is 3.63. The Kier molecular flexibility index (Phi) is 5.05. The maximum Gasteiger partial charge on any atom is 0.310 e. The molecule has 1 atom stereocenters. The van der Waals surface area contributed by atoms with Crippen LogP contribution >= 0.6 is 11.6 Å². The lowest BCUT2D eigenvalue weighted by atomic mass is 9.84. The summed E-state index contributed by atoms with van der Waals surface area (Å²) in [5.74, 6) is -5.78. The average Bonchev–Trinajstić information content (AvgIpc) is 2.60. The highest BCUT2D eigenvalue weighted by Gasteiger charge is 2.56. The highest BCUT2D eigenvalue weighted by Crippen LogP contribution is 2.44. The van der Waals surface area contributed by atoms with Gasteiger partial charge < -0.3 is 10.5 Å². The molecule has 1 aromatic carbocycles. The Morgan fingerprint density at radius 3 is 2.71 bits per heavy atom. The number of pyridine rings is 1. The number of Topliss-reactive ketones (excluding diaryl/α,β-unsaturated/α-hetero) is 1. The Labute approximate surface area is 162 Å². The molecule has 2 aromatic rings. The van der Waals surface area contributed by atoms with Crippen LogP contribution in [0.3, 0.4) is 0 Å². The molecule has 2 heterocycles. The number of rotatable bonds is 4. The number of nitrogens with zero attached hydrogens (tertiary/aromatic N) is 2. The van der Waals surface area contributed by atoms with Gasteiger partial charge in [0.15, 0.2) is 17.9 Å². The quantitative estimate of drug-likeness (QED) is 0.611. The number of amidine groups is 1. The molecule has 10 heteroatoms. The van der Waals surface area contributed by atoms with Crippen molar-refractivity contribution in [3.63, 3.8) is 0 Å². The molecule has 0 spiro atoms. The van der Waals surface area contributed by atoms with E-state index < -0.39 is 47.1 Å². The van der Waals surface area contributed by atoms with Gasteiger partial charge in [0.05, 0.1) is 11.2 Å². The monoisotopic (exact) mass is 415 g/mol. The van der Waals surface area contributed by atoms with Crippen LogP contribution in [0.4, 0.5) is 17.6 Å². The minimum Gasteiger partial charge on any atom is -0.459 e. The molecule has 148 valence electrons. The van der Waals surface area contributed by atoms with Crippen molar-refractivity contribution in [2.75, 3.05) is 6.61 Å². The van der Waals surface area contributed by atoms with E-state index in [0.717, 1.165) is 31.3 Å². The molecule has 1 aliphatic heterocycles. The largest absolute Gasteiger partial charge is 0.459 e. The molecule has 2 N–H and O–H groups in total. The second-order valence-electron chi connectivity index (χ2n) is 6.41. The Morgan fingerprint density at radius 2 is 2.04 bits per heavy atom. The minimum absolute atomic E-state index is 0.182. The number of aliphatic imine (C=N–C) groups is 1. The fourth-order valence-electron chi connectivity index (χ4n) is 2.84. The summed E-state index contributed by atoms with van der Waals surface area (Å²) in [6.07, 6.45) is 0.513. The minimum atomic E-state index is -3.54. The van der Waals surface area contributed by atoms with E-state index in [1.807, 2.05) is 0 Å². The smallest absolute Gasteiger partial charge is 0.310 e. The zero-order valence-corrected chi connectivity index (χ0v) is 15.2. The number of hydrogen-bond acceptors (Lipinski definition) is 5. The lowest BCUT2D eigenvalue weighted by Gasteiger charge is -2.37. The van der Waals surface area contributed by atoms with Gasteiger partial charge in [0, 0.05) is 12.0 Å². The summed E-state index contributed by atoms with van der Waals surface area (Å²) < 4.78 is 61.0. The van der Waals surface area contributed by atoms with E-state index in [2.05, 4.69) is 14.7 Å². The van der Waals surface area contributed by atoms with Gasteiger partial charge in [0.1, 0.15) is 17.3 Å². The average molecular weight is 416 g/mol. The third kappa shape index (κ3) is 3.54. The summed E-state index contributed by atoms with van der Waals surface area (Å²) in [6.45, 7) is -0.0265. The first-order chi connectivity index (χ1) is 13.0. The van der Waals surface area contributed by atoms with Gasteiger partial charge in [-0.1, -0.05) is 17.7 Å². The Morgan fingerprint density at radius 1 is 1.32 bits per heavy atom. The Bertz CT molecular complexity index is 983. The number of carbonyl (C=O) groups is 1. The van der Waals surface area contributed by atoms with Crippen molar-refractivity contribution in [1.82, 2.24) is 4.98 Å². The number of hydrogen-bond donors (Lipinski definition) is 1. The Hall–Kier alpha value is -2.68. The van der Waals surface area contributed by atoms with E-state index in [1.54, 1.807) is 0 Å². The maximum absolute atomic E-state index is 14.5. The van der Waals surface area contributed by atoms with Crippen LogP contribution in [0.5, 0.6) is 0 Å². The van der Waals surface area contributed by atoms with Crippen LogP contribution in [-0.4, -0.2) is 29.3 Å². The molecule has 5 nitrogen and oxygen atoms in total. The Balaban J connectivity index is 1.98. The zero-order chi connectivity index (χ0) is 20.7. The molecule has 1 aromatic heterocycles. The first-order valence-electron chi connectivity index (χ1n) is 8.02. The van der Waals surface area contributed by atoms with E-state index >= 15 is 0 Å². The van der Waals surface area contributed by atoms with Gasteiger partial charge in [-0.2, -0.15) is 8.78 Å². The summed E-state index contributed by atoms with van der Waals surface area (Å²) in [5.41, 5.74) is 2.70. The molecular formula is C18H14ClF4N3O2. The van der Waals surface area contributed by atoms with Crippen molar-refractivity contribution in [2.45, 2.75) is 24.8 Å². The summed E-state index contributed by atoms with van der Waals surface area (Å²) in [6, 6.07) is 3.78. The highest BCUT2D eigenvalue weighted by molar-refractivity contribution is 6.33. The van der Waals surface area contributed by atoms with Crippen LogP contribution in [0.15, 0.2) is 35.5 Å². The van der Waals surface area contributed by atoms with Gasteiger partial charge >= 0.3 is 5.92 Å². The molecule has 0 radical (unpaired) electrons. The SMILES string of the molecule is C[C@]1(c2cc(CC(=O)c3ncc(F)cc3Cl)ccc2F)N=C(N)OCC1(F)F. The maximum atomic E-state index is 14.5. The third-order valence-corrected chi connectivity index (χ3v) is 4.73. The number of ether oxygens (including phenoxy) is 1. The molecule has 0 bridgehead atoms. The molecule has 0 fully saturated rings. The molecule has 3 rings (SSSR count). The van der Waals surface area contributed by atoms with Gasteiger partial charge in [-0.05, 0) is 30.7 Å². The van der Waals surface area contributed by atoms with Crippen molar-refractivity contribution < 1.29 is 27.1 Å². The van der Waals surface area contributed by atoms with Crippen molar-refractivity contribution in [3.8, 4) is 0 Å². The third-order valence-electron chi connectivity index (χ3n) is 4.44. The molecule has 28 heavy (non-hydrogen) atoms. The van der Waals surface area contributed by atoms with Gasteiger partial charge in [-0.3, -0.25) is 4.79 Å². The number of ketones is 1. The zero-order valence-electron chi connectivity index (χ0n) is 14.5. The molecule has 0 aliphatic carbocycles. The van der Waals surface area contributed by atoms with E-state index in [0.29, 0.717) is 0 Å². The fourth-order valence-corrected chi connectivity index (χ4v) is 3.10. The molecule has 0 saturated carbocycles. The summed E-state index contributed by atoms with van der Waals surface area (Å²) >= 11 is 5.82. The fraction of sp³-hybridized carbons (Fsp3) is 0.278. The number of nitrogens with two attached hydrogens (primary N) is 1. The summed E-state index contributed by atoms with van der Waals surface area (Å²) in [4.78, 5) is 19.7. The number of alkyl halides is 2. The van der Waals surface area contributed by atoms with Crippen molar-refractivity contribution >= 4 is 23.4 Å². The molecule has 0 saturated heterocycles. The summed E-state index contributed by atoms with van der Waals surface area (Å²) in [5, 5.41) is -0.187. The van der Waals surface area contributed by atoms with E-state index in [-0.39, 0.29) is 22.7 Å². The lowest BCUT2D eigenvalue weighted by Crippen LogP contribution is -2.51. The van der Waals surface area contributed by atoms with Crippen LogP contribution in [0, 0.1) is 11.6 Å². The lowest BCUT2D eigenvalue weighted by molar-refractivity contribution is -0.117. The molecule has 1 aliphatic rings. The second kappa shape index (κ2) is 7.05. The van der Waals surface area contributed by atoms with Crippen LogP contribution in [0.25, 0.3) is 0 Å². The van der Waals surface area contributed by atoms with Crippen molar-refractivity contribution in [2.24, 2.45) is 10.7 Å². The summed E-state index contributed by atoms with van der Waals surface area (Å²) in [7, 11) is 0. The van der Waals surface area contributed by atoms with Crippen molar-refractivity contribution in [1.29, 1.82) is 0 Å². The van der Waals surface area contributed by atoms with Crippen LogP contribution in [-0.2, 0) is 16.7 Å². The van der Waals surface area contributed by atoms with Crippen LogP contribution < -0.4 is 5.73 Å². The number of aromatic nitrogens is 1. The van der Waals surface area contributed by atoms with E-state index in [1.165, 1.54) is 6.07 Å². The molecule has 0 unspecified atom stereocenters. The van der Waals surface area contributed by atoms with E-state index in [4.69, 9.17) is 17.3 Å². The first-order valence-corrected chi connectivity index (χ1v) is 8.40. The highest BCUT2D eigenvalue weighted by atomic mass is 35.5. The predicted molar refractivity (Wildman–Crippen MR) is 93.5 cm³/mol. The number of carbonyl (C=O) groups excluding carboxylic acids is 1. The van der Waals surface area contributed by atoms with Crippen molar-refractivity contribution in [3.05, 3.63) is 63.9 Å². The standard InChI is InChI=1S/C18H14ClF4N3O2/c1-17(18(22,23)8-28-16(24)26-17)11-4-9(2-3-13(11)21)5-14(27)15-12(19)6-10(20)7-25-15/h2-4,6-7H,5,8H2,1H3,(H2,24,26)/t17-/m1/s1. The second-order valence-corrected chi connectivity index (χ2v) is 6.82. The molecular weight excluding hydrogens is 402 g/mol. The number of halogens is 5. The van der Waals surface area contributed by atoms with Gasteiger partial charge in [0.25, 0.3) is 6.02 Å². The van der Waals surface area contributed by atoms with Crippen LogP contribution in [0.2, 0.25) is 5.02 Å². The van der Waals surface area contributed by atoms with Crippen LogP contribution in [0.1, 0.15) is 28.5 Å². The normalized spacial score (nSPS) is 21.0. The van der Waals surface area contributed by atoms with Gasteiger partial charge in [-0.25, -0.2) is 18.8 Å². The molecule has 0 amide bonds.